The molecule has 1 aromatic carbocycles. The molecule has 178 valence electrons. The van der Waals surface area contributed by atoms with Crippen molar-refractivity contribution in [3.63, 3.8) is 0 Å². The second kappa shape index (κ2) is 10.9. The third kappa shape index (κ3) is 6.08. The molecule has 4 rings (SSSR count). The molecule has 2 atom stereocenters. The van der Waals surface area contributed by atoms with Gasteiger partial charge in [0.1, 0.15) is 11.6 Å². The number of hydrogen-bond acceptors (Lipinski definition) is 7. The first-order valence-corrected chi connectivity index (χ1v) is 12.3. The molecule has 7 nitrogen and oxygen atoms in total. The van der Waals surface area contributed by atoms with E-state index in [1.807, 2.05) is 32.2 Å². The standard InChI is InChI=1S/C24H31Cl2N5O2/c1-3-33-24(32)15-30-8-4-5-17(12-30)18-13-31(14-18)23-11-27-10-22(29-23)28-16(2)20-7-6-19(25)9-21(20)26/h6-7,9-11,16-18H,3-5,8,12-15H2,1-2H3,(H,28,29)/t16-,17-/m1/s1. The Hall–Kier alpha value is -2.09. The van der Waals surface area contributed by atoms with Crippen LogP contribution in [-0.2, 0) is 9.53 Å². The summed E-state index contributed by atoms with van der Waals surface area (Å²) in [4.78, 5) is 25.5. The number of rotatable bonds is 8. The number of piperidine rings is 1. The number of ether oxygens (including phenoxy) is 1. The molecule has 2 aliphatic heterocycles. The van der Waals surface area contributed by atoms with Gasteiger partial charge in [-0.25, -0.2) is 4.98 Å². The van der Waals surface area contributed by atoms with Gasteiger partial charge in [-0.1, -0.05) is 29.3 Å². The SMILES string of the molecule is CCOC(=O)CN1CCC[C@@H](C2CN(c3cncc(N[C@H](C)c4ccc(Cl)cc4Cl)n3)C2)C1. The number of carbonyl (C=O) groups excluding carboxylic acids is 1. The number of hydrogen-bond donors (Lipinski definition) is 1. The maximum Gasteiger partial charge on any atom is 0.320 e. The zero-order valence-electron chi connectivity index (χ0n) is 19.1. The Morgan fingerprint density at radius 2 is 2.06 bits per heavy atom. The summed E-state index contributed by atoms with van der Waals surface area (Å²) in [6.07, 6.45) is 5.89. The summed E-state index contributed by atoms with van der Waals surface area (Å²) in [6, 6.07) is 5.48. The summed E-state index contributed by atoms with van der Waals surface area (Å²) in [5.41, 5.74) is 0.960. The van der Waals surface area contributed by atoms with Crippen LogP contribution in [0.1, 0.15) is 38.3 Å². The lowest BCUT2D eigenvalue weighted by Gasteiger charge is -2.46. The van der Waals surface area contributed by atoms with E-state index < -0.39 is 0 Å². The smallest absolute Gasteiger partial charge is 0.320 e. The minimum atomic E-state index is -0.123. The molecule has 0 spiro atoms. The first-order chi connectivity index (χ1) is 15.9. The molecule has 0 radical (unpaired) electrons. The van der Waals surface area contributed by atoms with Gasteiger partial charge in [-0.15, -0.1) is 0 Å². The third-order valence-electron chi connectivity index (χ3n) is 6.52. The van der Waals surface area contributed by atoms with Crippen LogP contribution in [0.15, 0.2) is 30.6 Å². The summed E-state index contributed by atoms with van der Waals surface area (Å²) >= 11 is 12.4. The molecule has 0 unspecified atom stereocenters. The average Bonchev–Trinajstić information content (AvgIpc) is 2.73. The lowest BCUT2D eigenvalue weighted by Crippen LogP contribution is -2.54. The van der Waals surface area contributed by atoms with Crippen molar-refractivity contribution in [3.05, 3.63) is 46.2 Å². The molecule has 0 bridgehead atoms. The van der Waals surface area contributed by atoms with Crippen molar-refractivity contribution in [1.29, 1.82) is 0 Å². The van der Waals surface area contributed by atoms with Gasteiger partial charge in [0, 0.05) is 29.7 Å². The lowest BCUT2D eigenvalue weighted by molar-refractivity contribution is -0.145. The fourth-order valence-corrected chi connectivity index (χ4v) is 5.31. The molecule has 0 amide bonds. The van der Waals surface area contributed by atoms with Crippen molar-refractivity contribution in [1.82, 2.24) is 14.9 Å². The van der Waals surface area contributed by atoms with E-state index in [1.54, 1.807) is 12.3 Å². The number of nitrogens with one attached hydrogen (secondary N) is 1. The van der Waals surface area contributed by atoms with Crippen LogP contribution < -0.4 is 10.2 Å². The second-order valence-corrected chi connectivity index (χ2v) is 9.75. The molecule has 0 saturated carbocycles. The first-order valence-electron chi connectivity index (χ1n) is 11.6. The van der Waals surface area contributed by atoms with Crippen LogP contribution in [0.2, 0.25) is 10.0 Å². The van der Waals surface area contributed by atoms with E-state index in [9.17, 15) is 4.79 Å². The van der Waals surface area contributed by atoms with Crippen LogP contribution in [0.25, 0.3) is 0 Å². The summed E-state index contributed by atoms with van der Waals surface area (Å²) in [6.45, 7) is 8.59. The number of likely N-dealkylation sites (tertiary alicyclic amines) is 1. The highest BCUT2D eigenvalue weighted by Gasteiger charge is 2.36. The van der Waals surface area contributed by atoms with Gasteiger partial charge in [0.2, 0.25) is 0 Å². The number of aromatic nitrogens is 2. The number of halogens is 2. The van der Waals surface area contributed by atoms with Crippen molar-refractivity contribution in [2.24, 2.45) is 11.8 Å². The Morgan fingerprint density at radius 3 is 2.82 bits per heavy atom. The fourth-order valence-electron chi connectivity index (χ4n) is 4.74. The number of esters is 1. The minimum Gasteiger partial charge on any atom is -0.465 e. The second-order valence-electron chi connectivity index (χ2n) is 8.90. The number of nitrogens with zero attached hydrogens (tertiary/aromatic N) is 4. The first kappa shape index (κ1) is 24.0. The van der Waals surface area contributed by atoms with Gasteiger partial charge in [0.15, 0.2) is 0 Å². The minimum absolute atomic E-state index is 0.0314. The van der Waals surface area contributed by atoms with E-state index in [0.29, 0.717) is 40.9 Å². The molecule has 1 N–H and O–H groups in total. The van der Waals surface area contributed by atoms with Gasteiger partial charge in [0.05, 0.1) is 31.6 Å². The number of benzene rings is 1. The van der Waals surface area contributed by atoms with Gasteiger partial charge >= 0.3 is 5.97 Å². The van der Waals surface area contributed by atoms with E-state index in [2.05, 4.69) is 20.1 Å². The Labute approximate surface area is 205 Å². The fraction of sp³-hybridized carbons (Fsp3) is 0.542. The summed E-state index contributed by atoms with van der Waals surface area (Å²) in [5.74, 6) is 2.69. The quantitative estimate of drug-likeness (QED) is 0.537. The van der Waals surface area contributed by atoms with E-state index in [-0.39, 0.29) is 12.0 Å². The Balaban J connectivity index is 1.31. The van der Waals surface area contributed by atoms with Crippen LogP contribution in [0.5, 0.6) is 0 Å². The van der Waals surface area contributed by atoms with Crippen molar-refractivity contribution in [2.45, 2.75) is 32.7 Å². The summed E-state index contributed by atoms with van der Waals surface area (Å²) in [7, 11) is 0. The van der Waals surface area contributed by atoms with Crippen molar-refractivity contribution < 1.29 is 9.53 Å². The normalized spacial score (nSPS) is 20.2. The van der Waals surface area contributed by atoms with Gasteiger partial charge < -0.3 is 15.0 Å². The molecule has 1 aromatic heterocycles. The van der Waals surface area contributed by atoms with Crippen LogP contribution in [0.4, 0.5) is 11.6 Å². The molecule has 9 heteroatoms. The van der Waals surface area contributed by atoms with E-state index in [4.69, 9.17) is 32.9 Å². The van der Waals surface area contributed by atoms with E-state index in [1.165, 1.54) is 6.42 Å². The highest BCUT2D eigenvalue weighted by atomic mass is 35.5. The van der Waals surface area contributed by atoms with Gasteiger partial charge in [-0.05, 0) is 62.8 Å². The Morgan fingerprint density at radius 1 is 1.24 bits per heavy atom. The molecule has 33 heavy (non-hydrogen) atoms. The molecule has 2 saturated heterocycles. The number of anilines is 2. The van der Waals surface area contributed by atoms with Crippen molar-refractivity contribution in [2.75, 3.05) is 49.5 Å². The van der Waals surface area contributed by atoms with Crippen LogP contribution >= 0.6 is 23.2 Å². The molecule has 2 fully saturated rings. The van der Waals surface area contributed by atoms with Gasteiger partial charge in [0.25, 0.3) is 0 Å². The zero-order valence-corrected chi connectivity index (χ0v) is 20.6. The molecular weight excluding hydrogens is 461 g/mol. The van der Waals surface area contributed by atoms with E-state index >= 15 is 0 Å². The molecule has 0 aliphatic carbocycles. The summed E-state index contributed by atoms with van der Waals surface area (Å²) in [5, 5.41) is 4.64. The van der Waals surface area contributed by atoms with E-state index in [0.717, 1.165) is 44.0 Å². The maximum atomic E-state index is 11.8. The van der Waals surface area contributed by atoms with Crippen molar-refractivity contribution >= 4 is 40.8 Å². The van der Waals surface area contributed by atoms with Crippen LogP contribution in [-0.4, -0.2) is 60.2 Å². The zero-order chi connectivity index (χ0) is 23.4. The van der Waals surface area contributed by atoms with Gasteiger partial charge in [-0.3, -0.25) is 14.7 Å². The average molecular weight is 492 g/mol. The maximum absolute atomic E-state index is 11.8. The van der Waals surface area contributed by atoms with Gasteiger partial charge in [-0.2, -0.15) is 0 Å². The third-order valence-corrected chi connectivity index (χ3v) is 7.08. The largest absolute Gasteiger partial charge is 0.465 e. The number of carbonyl (C=O) groups is 1. The monoisotopic (exact) mass is 491 g/mol. The Kier molecular flexibility index (Phi) is 7.94. The highest BCUT2D eigenvalue weighted by Crippen LogP contribution is 2.34. The van der Waals surface area contributed by atoms with Crippen molar-refractivity contribution in [3.8, 4) is 0 Å². The van der Waals surface area contributed by atoms with Crippen LogP contribution in [0, 0.1) is 11.8 Å². The Bertz CT molecular complexity index is 970. The molecule has 3 heterocycles. The molecule has 2 aliphatic rings. The predicted octanol–water partition coefficient (Wildman–Crippen LogP) is 4.67. The van der Waals surface area contributed by atoms with Crippen LogP contribution in [0.3, 0.4) is 0 Å². The lowest BCUT2D eigenvalue weighted by atomic mass is 9.80. The highest BCUT2D eigenvalue weighted by molar-refractivity contribution is 6.35. The molecule has 2 aromatic rings. The molecular formula is C24H31Cl2N5O2. The summed E-state index contributed by atoms with van der Waals surface area (Å²) < 4.78 is 5.11. The predicted molar refractivity (Wildman–Crippen MR) is 132 cm³/mol. The topological polar surface area (TPSA) is 70.6 Å².